The Morgan fingerprint density at radius 2 is 1.48 bits per heavy atom. The number of nitrogens with zero attached hydrogens (tertiary/aromatic N) is 2. The summed E-state index contributed by atoms with van der Waals surface area (Å²) in [5.74, 6) is 0.225. The zero-order valence-electron chi connectivity index (χ0n) is 11.1. The highest BCUT2D eigenvalue weighted by Crippen LogP contribution is 2.34. The lowest BCUT2D eigenvalue weighted by molar-refractivity contribution is -0.593. The Morgan fingerprint density at radius 1 is 0.905 bits per heavy atom. The van der Waals surface area contributed by atoms with E-state index in [1.54, 1.807) is 0 Å². The number of rotatable bonds is 1. The molecule has 0 bridgehead atoms. The predicted molar refractivity (Wildman–Crippen MR) is 81.0 cm³/mol. The molecule has 4 aromatic rings. The molecular formula is C17H12N2O2. The van der Waals surface area contributed by atoms with Crippen molar-refractivity contribution in [1.29, 1.82) is 0 Å². The molecule has 102 valence electrons. The minimum Gasteiger partial charge on any atom is -0.710 e. The molecule has 0 saturated heterocycles. The molecule has 0 amide bonds. The van der Waals surface area contributed by atoms with Crippen molar-refractivity contribution in [3.8, 4) is 11.4 Å². The van der Waals surface area contributed by atoms with Crippen molar-refractivity contribution in [2.75, 3.05) is 0 Å². The van der Waals surface area contributed by atoms with Crippen molar-refractivity contribution in [2.24, 2.45) is 0 Å². The maximum atomic E-state index is 12.1. The average Bonchev–Trinajstić information content (AvgIpc) is 2.84. The molecule has 0 radical (unpaired) electrons. The van der Waals surface area contributed by atoms with Crippen LogP contribution in [0, 0.1) is 5.21 Å². The van der Waals surface area contributed by atoms with Crippen LogP contribution in [0.1, 0.15) is 0 Å². The van der Waals surface area contributed by atoms with E-state index in [0.717, 1.165) is 31.8 Å². The fourth-order valence-corrected chi connectivity index (χ4v) is 2.85. The van der Waals surface area contributed by atoms with Gasteiger partial charge in [0.05, 0.1) is 5.56 Å². The second-order valence-corrected chi connectivity index (χ2v) is 4.99. The number of imidazole rings is 1. The Kier molecular flexibility index (Phi) is 2.38. The predicted octanol–water partition coefficient (Wildman–Crippen LogP) is 3.33. The first kappa shape index (κ1) is 11.8. The van der Waals surface area contributed by atoms with Gasteiger partial charge in [-0.3, -0.25) is 0 Å². The summed E-state index contributed by atoms with van der Waals surface area (Å²) in [7, 11) is 0. The summed E-state index contributed by atoms with van der Waals surface area (Å²) < 4.78 is 1.56. The van der Waals surface area contributed by atoms with Gasteiger partial charge in [0.2, 0.25) is 0 Å². The summed E-state index contributed by atoms with van der Waals surface area (Å²) in [6, 6.07) is 17.8. The Bertz CT molecular complexity index is 900. The molecule has 4 heteroatoms. The van der Waals surface area contributed by atoms with E-state index < -0.39 is 0 Å². The SMILES string of the molecule is [O-][n+]1ccn(O)c1-c1c2ccccc2cc2ccccc12. The number of benzene rings is 3. The monoisotopic (exact) mass is 276 g/mol. The number of hydrogen-bond acceptors (Lipinski definition) is 2. The normalized spacial score (nSPS) is 11.2. The first-order chi connectivity index (χ1) is 10.3. The van der Waals surface area contributed by atoms with Gasteiger partial charge >= 0.3 is 5.82 Å². The first-order valence-electron chi connectivity index (χ1n) is 6.66. The Morgan fingerprint density at radius 3 is 2.00 bits per heavy atom. The molecule has 0 aliphatic heterocycles. The summed E-state index contributed by atoms with van der Waals surface area (Å²) in [6.45, 7) is 0. The van der Waals surface area contributed by atoms with Crippen LogP contribution in [-0.4, -0.2) is 9.94 Å². The van der Waals surface area contributed by atoms with Crippen LogP contribution >= 0.6 is 0 Å². The molecular weight excluding hydrogens is 264 g/mol. The highest BCUT2D eigenvalue weighted by molar-refractivity contribution is 6.11. The topological polar surface area (TPSA) is 52.1 Å². The molecule has 0 unspecified atom stereocenters. The van der Waals surface area contributed by atoms with Crippen molar-refractivity contribution in [3.63, 3.8) is 0 Å². The minimum atomic E-state index is 0.225. The van der Waals surface area contributed by atoms with Crippen molar-refractivity contribution >= 4 is 21.5 Å². The molecule has 4 nitrogen and oxygen atoms in total. The second-order valence-electron chi connectivity index (χ2n) is 4.99. The van der Waals surface area contributed by atoms with Gasteiger partial charge in [-0.1, -0.05) is 48.5 Å². The maximum absolute atomic E-state index is 12.1. The van der Waals surface area contributed by atoms with Gasteiger partial charge in [-0.2, -0.15) is 0 Å². The number of aromatic nitrogens is 2. The average molecular weight is 276 g/mol. The lowest BCUT2D eigenvalue weighted by Gasteiger charge is -2.10. The lowest BCUT2D eigenvalue weighted by Crippen LogP contribution is -2.27. The van der Waals surface area contributed by atoms with Crippen molar-refractivity contribution in [1.82, 2.24) is 4.73 Å². The molecule has 0 aliphatic rings. The van der Waals surface area contributed by atoms with Gasteiger partial charge < -0.3 is 10.4 Å². The van der Waals surface area contributed by atoms with E-state index >= 15 is 0 Å². The molecule has 21 heavy (non-hydrogen) atoms. The van der Waals surface area contributed by atoms with E-state index in [4.69, 9.17) is 0 Å². The van der Waals surface area contributed by atoms with Crippen LogP contribution in [0.25, 0.3) is 32.9 Å². The molecule has 0 aliphatic carbocycles. The first-order valence-corrected chi connectivity index (χ1v) is 6.66. The van der Waals surface area contributed by atoms with Gasteiger partial charge in [0.1, 0.15) is 6.20 Å². The van der Waals surface area contributed by atoms with Crippen molar-refractivity contribution in [2.45, 2.75) is 0 Å². The molecule has 3 aromatic carbocycles. The van der Waals surface area contributed by atoms with Crippen LogP contribution < -0.4 is 4.73 Å². The van der Waals surface area contributed by atoms with Crippen LogP contribution in [0.2, 0.25) is 0 Å². The zero-order valence-corrected chi connectivity index (χ0v) is 11.1. The van der Waals surface area contributed by atoms with Crippen LogP contribution in [0.4, 0.5) is 0 Å². The fourth-order valence-electron chi connectivity index (χ4n) is 2.85. The summed E-state index contributed by atoms with van der Waals surface area (Å²) in [5, 5.41) is 26.0. The van der Waals surface area contributed by atoms with Crippen LogP contribution in [0.3, 0.4) is 0 Å². The second kappa shape index (κ2) is 4.24. The molecule has 1 heterocycles. The van der Waals surface area contributed by atoms with Gasteiger partial charge in [0.25, 0.3) is 0 Å². The quantitative estimate of drug-likeness (QED) is 0.251. The highest BCUT2D eigenvalue weighted by Gasteiger charge is 2.21. The van der Waals surface area contributed by atoms with Gasteiger partial charge in [0, 0.05) is 0 Å². The van der Waals surface area contributed by atoms with Crippen LogP contribution in [-0.2, 0) is 0 Å². The summed E-state index contributed by atoms with van der Waals surface area (Å²) in [4.78, 5) is 0. The standard InChI is InChI=1S/C17H12N2O2/c20-18-9-10-19(21)17(18)16-14-7-3-1-5-12(14)11-13-6-2-4-8-15(13)16/h1-11,20H. The van der Waals surface area contributed by atoms with E-state index in [2.05, 4.69) is 6.07 Å². The Labute approximate surface area is 120 Å². The summed E-state index contributed by atoms with van der Waals surface area (Å²) in [6.07, 6.45) is 2.64. The smallest absolute Gasteiger partial charge is 0.332 e. The lowest BCUT2D eigenvalue weighted by atomic mass is 9.96. The summed E-state index contributed by atoms with van der Waals surface area (Å²) >= 11 is 0. The number of fused-ring (bicyclic) bond motifs is 2. The van der Waals surface area contributed by atoms with Crippen molar-refractivity contribution in [3.05, 3.63) is 72.2 Å². The number of hydrogen-bond donors (Lipinski definition) is 1. The molecule has 0 spiro atoms. The highest BCUT2D eigenvalue weighted by atomic mass is 16.5. The third kappa shape index (κ3) is 1.66. The van der Waals surface area contributed by atoms with E-state index in [9.17, 15) is 10.4 Å². The molecule has 0 fully saturated rings. The third-order valence-corrected chi connectivity index (χ3v) is 3.76. The molecule has 0 atom stereocenters. The summed E-state index contributed by atoms with van der Waals surface area (Å²) in [5.41, 5.74) is 0.742. The molecule has 0 saturated carbocycles. The van der Waals surface area contributed by atoms with Gasteiger partial charge in [-0.05, 0) is 32.3 Å². The molecule has 4 rings (SSSR count). The van der Waals surface area contributed by atoms with E-state index in [1.165, 1.54) is 12.4 Å². The van der Waals surface area contributed by atoms with Gasteiger partial charge in [0.15, 0.2) is 6.20 Å². The van der Waals surface area contributed by atoms with E-state index in [-0.39, 0.29) is 5.82 Å². The van der Waals surface area contributed by atoms with Gasteiger partial charge in [-0.15, -0.1) is 0 Å². The Balaban J connectivity index is 2.28. The molecule has 1 N–H and O–H groups in total. The van der Waals surface area contributed by atoms with E-state index in [0.29, 0.717) is 4.73 Å². The molecule has 1 aromatic heterocycles. The van der Waals surface area contributed by atoms with Crippen LogP contribution in [0.5, 0.6) is 0 Å². The third-order valence-electron chi connectivity index (χ3n) is 3.76. The fraction of sp³-hybridized carbons (Fsp3) is 0. The van der Waals surface area contributed by atoms with Crippen molar-refractivity contribution < 1.29 is 9.94 Å². The largest absolute Gasteiger partial charge is 0.710 e. The maximum Gasteiger partial charge on any atom is 0.332 e. The zero-order chi connectivity index (χ0) is 14.4. The van der Waals surface area contributed by atoms with E-state index in [1.807, 2.05) is 48.5 Å². The van der Waals surface area contributed by atoms with Crippen LogP contribution in [0.15, 0.2) is 67.0 Å². The Hall–Kier alpha value is -3.01. The van der Waals surface area contributed by atoms with Gasteiger partial charge in [-0.25, -0.2) is 4.73 Å². The minimum absolute atomic E-state index is 0.225.